The molecule has 1 aromatic carbocycles. The predicted octanol–water partition coefficient (Wildman–Crippen LogP) is 1.67. The summed E-state index contributed by atoms with van der Waals surface area (Å²) in [6.45, 7) is 9.43. The van der Waals surface area contributed by atoms with E-state index >= 15 is 0 Å². The number of nitrogens with zero attached hydrogens (tertiary/aromatic N) is 1. The summed E-state index contributed by atoms with van der Waals surface area (Å²) in [5, 5.41) is 3.31. The molecule has 0 amide bonds. The molecule has 0 atom stereocenters. The molecule has 1 saturated heterocycles. The zero-order valence-electron chi connectivity index (χ0n) is 10.8. The van der Waals surface area contributed by atoms with Gasteiger partial charge in [-0.2, -0.15) is 0 Å². The molecular formula is C14H22N2O. The molecule has 1 fully saturated rings. The van der Waals surface area contributed by atoms with Gasteiger partial charge in [-0.3, -0.25) is 4.90 Å². The number of ether oxygens (including phenoxy) is 1. The van der Waals surface area contributed by atoms with E-state index in [4.69, 9.17) is 4.74 Å². The second kappa shape index (κ2) is 6.03. The van der Waals surface area contributed by atoms with Crippen molar-refractivity contribution in [2.45, 2.75) is 19.9 Å². The van der Waals surface area contributed by atoms with E-state index in [1.165, 1.54) is 5.56 Å². The molecule has 94 valence electrons. The van der Waals surface area contributed by atoms with Gasteiger partial charge in [0.1, 0.15) is 12.4 Å². The first-order valence-electron chi connectivity index (χ1n) is 6.44. The van der Waals surface area contributed by atoms with Crippen molar-refractivity contribution in [2.24, 2.45) is 0 Å². The van der Waals surface area contributed by atoms with Crippen LogP contribution in [0.4, 0.5) is 0 Å². The average Bonchev–Trinajstić information content (AvgIpc) is 2.25. The van der Waals surface area contributed by atoms with Gasteiger partial charge < -0.3 is 10.1 Å². The maximum atomic E-state index is 5.78. The predicted molar refractivity (Wildman–Crippen MR) is 70.6 cm³/mol. The average molecular weight is 234 g/mol. The Bertz CT molecular complexity index is 350. The number of hydrogen-bond acceptors (Lipinski definition) is 3. The van der Waals surface area contributed by atoms with E-state index in [9.17, 15) is 0 Å². The third-order valence-corrected chi connectivity index (χ3v) is 3.32. The summed E-state index contributed by atoms with van der Waals surface area (Å²) in [6.07, 6.45) is 0. The highest BCUT2D eigenvalue weighted by Crippen LogP contribution is 2.12. The number of nitrogens with one attached hydrogen (secondary N) is 1. The van der Waals surface area contributed by atoms with Crippen molar-refractivity contribution in [3.63, 3.8) is 0 Å². The summed E-state index contributed by atoms with van der Waals surface area (Å²) in [5.41, 5.74) is 1.25. The lowest BCUT2D eigenvalue weighted by molar-refractivity contribution is 0.128. The standard InChI is InChI=1S/C14H22N2O/c1-3-16(13-10-15-11-13)7-8-17-14-6-4-5-12(2)9-14/h4-6,9,13,15H,3,7-8,10-11H2,1-2H3. The Labute approximate surface area is 104 Å². The van der Waals surface area contributed by atoms with Gasteiger partial charge in [0.15, 0.2) is 0 Å². The summed E-state index contributed by atoms with van der Waals surface area (Å²) in [7, 11) is 0. The Kier molecular flexibility index (Phi) is 4.40. The minimum atomic E-state index is 0.709. The van der Waals surface area contributed by atoms with Crippen LogP contribution in [-0.4, -0.2) is 43.7 Å². The van der Waals surface area contributed by atoms with Gasteiger partial charge in [0.05, 0.1) is 0 Å². The maximum absolute atomic E-state index is 5.78. The van der Waals surface area contributed by atoms with Crippen molar-refractivity contribution in [1.29, 1.82) is 0 Å². The molecule has 0 saturated carbocycles. The number of benzene rings is 1. The topological polar surface area (TPSA) is 24.5 Å². The highest BCUT2D eigenvalue weighted by Gasteiger charge is 2.22. The van der Waals surface area contributed by atoms with Crippen LogP contribution in [0.15, 0.2) is 24.3 Å². The summed E-state index contributed by atoms with van der Waals surface area (Å²) < 4.78 is 5.78. The van der Waals surface area contributed by atoms with Crippen molar-refractivity contribution < 1.29 is 4.74 Å². The van der Waals surface area contributed by atoms with Gasteiger partial charge in [-0.25, -0.2) is 0 Å². The Balaban J connectivity index is 1.74. The van der Waals surface area contributed by atoms with E-state index in [2.05, 4.69) is 36.2 Å². The van der Waals surface area contributed by atoms with Crippen LogP contribution in [0.2, 0.25) is 0 Å². The number of rotatable bonds is 6. The summed E-state index contributed by atoms with van der Waals surface area (Å²) in [6, 6.07) is 8.94. The molecule has 0 bridgehead atoms. The largest absolute Gasteiger partial charge is 0.492 e. The van der Waals surface area contributed by atoms with Gasteiger partial charge in [-0.1, -0.05) is 19.1 Å². The summed E-state index contributed by atoms with van der Waals surface area (Å²) in [5.74, 6) is 0.979. The van der Waals surface area contributed by atoms with Crippen LogP contribution in [0.3, 0.4) is 0 Å². The highest BCUT2D eigenvalue weighted by molar-refractivity contribution is 5.27. The first kappa shape index (κ1) is 12.4. The van der Waals surface area contributed by atoms with Crippen LogP contribution in [0.25, 0.3) is 0 Å². The number of hydrogen-bond donors (Lipinski definition) is 1. The monoisotopic (exact) mass is 234 g/mol. The SMILES string of the molecule is CCN(CCOc1cccc(C)c1)C1CNC1. The fourth-order valence-corrected chi connectivity index (χ4v) is 2.12. The maximum Gasteiger partial charge on any atom is 0.119 e. The molecule has 0 spiro atoms. The van der Waals surface area contributed by atoms with E-state index in [0.717, 1.165) is 38.5 Å². The molecule has 3 nitrogen and oxygen atoms in total. The summed E-state index contributed by atoms with van der Waals surface area (Å²) >= 11 is 0. The lowest BCUT2D eigenvalue weighted by Crippen LogP contribution is -2.57. The molecular weight excluding hydrogens is 212 g/mol. The van der Waals surface area contributed by atoms with Crippen LogP contribution in [0, 0.1) is 6.92 Å². The Morgan fingerprint density at radius 2 is 2.24 bits per heavy atom. The fraction of sp³-hybridized carbons (Fsp3) is 0.571. The quantitative estimate of drug-likeness (QED) is 0.810. The zero-order valence-corrected chi connectivity index (χ0v) is 10.8. The second-order valence-electron chi connectivity index (χ2n) is 4.61. The molecule has 0 aliphatic carbocycles. The molecule has 1 aliphatic heterocycles. The Morgan fingerprint density at radius 1 is 1.41 bits per heavy atom. The van der Waals surface area contributed by atoms with Crippen molar-refractivity contribution in [2.75, 3.05) is 32.8 Å². The molecule has 1 N–H and O–H groups in total. The second-order valence-corrected chi connectivity index (χ2v) is 4.61. The van der Waals surface area contributed by atoms with Crippen LogP contribution in [-0.2, 0) is 0 Å². The van der Waals surface area contributed by atoms with Crippen LogP contribution in [0.5, 0.6) is 5.75 Å². The minimum absolute atomic E-state index is 0.709. The van der Waals surface area contributed by atoms with Crippen LogP contribution >= 0.6 is 0 Å². The smallest absolute Gasteiger partial charge is 0.119 e. The zero-order chi connectivity index (χ0) is 12.1. The number of likely N-dealkylation sites (N-methyl/N-ethyl adjacent to an activating group) is 1. The van der Waals surface area contributed by atoms with Gasteiger partial charge in [0.2, 0.25) is 0 Å². The van der Waals surface area contributed by atoms with Gasteiger partial charge >= 0.3 is 0 Å². The van der Waals surface area contributed by atoms with E-state index in [1.54, 1.807) is 0 Å². The highest BCUT2D eigenvalue weighted by atomic mass is 16.5. The van der Waals surface area contributed by atoms with Crippen molar-refractivity contribution in [3.8, 4) is 5.75 Å². The molecule has 3 heteroatoms. The lowest BCUT2D eigenvalue weighted by Gasteiger charge is -2.37. The number of aryl methyl sites for hydroxylation is 1. The molecule has 17 heavy (non-hydrogen) atoms. The summed E-state index contributed by atoms with van der Waals surface area (Å²) in [4.78, 5) is 2.48. The van der Waals surface area contributed by atoms with Gasteiger partial charge in [0, 0.05) is 25.7 Å². The molecule has 1 aliphatic rings. The Morgan fingerprint density at radius 3 is 2.82 bits per heavy atom. The molecule has 1 aromatic rings. The molecule has 0 unspecified atom stereocenters. The first-order chi connectivity index (χ1) is 8.29. The third-order valence-electron chi connectivity index (χ3n) is 3.32. The van der Waals surface area contributed by atoms with Crippen molar-refractivity contribution in [1.82, 2.24) is 10.2 Å². The molecule has 0 radical (unpaired) electrons. The van der Waals surface area contributed by atoms with Gasteiger partial charge in [-0.05, 0) is 31.2 Å². The molecule has 1 heterocycles. The van der Waals surface area contributed by atoms with E-state index in [0.29, 0.717) is 6.04 Å². The fourth-order valence-electron chi connectivity index (χ4n) is 2.12. The van der Waals surface area contributed by atoms with Gasteiger partial charge in [0.25, 0.3) is 0 Å². The molecule has 0 aromatic heterocycles. The van der Waals surface area contributed by atoms with Crippen LogP contribution in [0.1, 0.15) is 12.5 Å². The van der Waals surface area contributed by atoms with Gasteiger partial charge in [-0.15, -0.1) is 0 Å². The van der Waals surface area contributed by atoms with Crippen molar-refractivity contribution >= 4 is 0 Å². The first-order valence-corrected chi connectivity index (χ1v) is 6.44. The molecule has 2 rings (SSSR count). The lowest BCUT2D eigenvalue weighted by atomic mass is 10.1. The van der Waals surface area contributed by atoms with E-state index < -0.39 is 0 Å². The van der Waals surface area contributed by atoms with E-state index in [1.807, 2.05) is 12.1 Å². The normalized spacial score (nSPS) is 15.9. The van der Waals surface area contributed by atoms with E-state index in [-0.39, 0.29) is 0 Å². The van der Waals surface area contributed by atoms with Crippen molar-refractivity contribution in [3.05, 3.63) is 29.8 Å². The minimum Gasteiger partial charge on any atom is -0.492 e. The Hall–Kier alpha value is -1.06. The third kappa shape index (κ3) is 3.45. The van der Waals surface area contributed by atoms with Crippen LogP contribution < -0.4 is 10.1 Å².